The van der Waals surface area contributed by atoms with E-state index in [2.05, 4.69) is 0 Å². The van der Waals surface area contributed by atoms with Gasteiger partial charge in [-0.1, -0.05) is 25.2 Å². The average molecular weight is 342 g/mol. The predicted octanol–water partition coefficient (Wildman–Crippen LogP) is 2.81. The molecule has 0 saturated carbocycles. The Kier molecular flexibility index (Phi) is 4.96. The average Bonchev–Trinajstić information content (AvgIpc) is 2.54. The lowest BCUT2D eigenvalue weighted by atomic mass is 9.78. The van der Waals surface area contributed by atoms with E-state index < -0.39 is 23.3 Å². The van der Waals surface area contributed by atoms with Crippen molar-refractivity contribution in [3.05, 3.63) is 47.1 Å². The topological polar surface area (TPSA) is 70.5 Å². The van der Waals surface area contributed by atoms with E-state index in [0.29, 0.717) is 23.5 Å². The number of hydrogen-bond acceptors (Lipinski definition) is 4. The molecule has 2 atom stereocenters. The number of aryl methyl sites for hydroxylation is 1. The molecule has 0 amide bonds. The first-order valence-corrected chi connectivity index (χ1v) is 7.45. The standard InChI is InChI=1S/C17H21F3N2O2/c1-4-10-7-12(14(24-3)9-13(10)23-2)16(22)6-5-11(8-15(16)21)17(18,19)20/h5-9,15H,4,21-22H2,1-3H3. The Morgan fingerprint density at radius 1 is 1.17 bits per heavy atom. The van der Waals surface area contributed by atoms with Crippen LogP contribution in [0.3, 0.4) is 0 Å². The lowest BCUT2D eigenvalue weighted by Gasteiger charge is -2.36. The van der Waals surface area contributed by atoms with Crippen molar-refractivity contribution in [2.75, 3.05) is 14.2 Å². The van der Waals surface area contributed by atoms with Crippen LogP contribution in [0.4, 0.5) is 13.2 Å². The van der Waals surface area contributed by atoms with Gasteiger partial charge in [-0.3, -0.25) is 0 Å². The summed E-state index contributed by atoms with van der Waals surface area (Å²) in [5, 5.41) is 0. The van der Waals surface area contributed by atoms with Crippen LogP contribution in [-0.4, -0.2) is 26.4 Å². The molecule has 0 fully saturated rings. The van der Waals surface area contributed by atoms with Gasteiger partial charge in [0.2, 0.25) is 0 Å². The number of hydrogen-bond donors (Lipinski definition) is 2. The van der Waals surface area contributed by atoms with Crippen molar-refractivity contribution in [1.29, 1.82) is 0 Å². The largest absolute Gasteiger partial charge is 0.496 e. The van der Waals surface area contributed by atoms with Crippen LogP contribution in [0, 0.1) is 0 Å². The number of benzene rings is 1. The van der Waals surface area contributed by atoms with Crippen molar-refractivity contribution in [2.45, 2.75) is 31.1 Å². The van der Waals surface area contributed by atoms with Gasteiger partial charge in [-0.15, -0.1) is 0 Å². The fraction of sp³-hybridized carbons (Fsp3) is 0.412. The number of nitrogens with two attached hydrogens (primary N) is 2. The van der Waals surface area contributed by atoms with Gasteiger partial charge in [0, 0.05) is 17.7 Å². The second-order valence-corrected chi connectivity index (χ2v) is 5.63. The summed E-state index contributed by atoms with van der Waals surface area (Å²) in [5.41, 5.74) is 11.6. The van der Waals surface area contributed by atoms with Crippen molar-refractivity contribution < 1.29 is 22.6 Å². The molecule has 0 radical (unpaired) electrons. The number of rotatable bonds is 4. The molecule has 0 saturated heterocycles. The normalized spacial score (nSPS) is 23.8. The highest BCUT2D eigenvalue weighted by atomic mass is 19.4. The maximum absolute atomic E-state index is 12.9. The zero-order chi connectivity index (χ0) is 18.1. The van der Waals surface area contributed by atoms with E-state index in [1.807, 2.05) is 6.92 Å². The van der Waals surface area contributed by atoms with E-state index in [0.717, 1.165) is 17.7 Å². The molecule has 0 aliphatic heterocycles. The van der Waals surface area contributed by atoms with Gasteiger partial charge in [0.25, 0.3) is 0 Å². The molecule has 2 rings (SSSR count). The van der Waals surface area contributed by atoms with Gasteiger partial charge in [0.1, 0.15) is 11.5 Å². The number of alkyl halides is 3. The van der Waals surface area contributed by atoms with E-state index in [-0.39, 0.29) is 0 Å². The molecule has 0 aromatic heterocycles. The van der Waals surface area contributed by atoms with E-state index >= 15 is 0 Å². The molecule has 1 aromatic rings. The van der Waals surface area contributed by atoms with Crippen molar-refractivity contribution in [3.63, 3.8) is 0 Å². The number of methoxy groups -OCH3 is 2. The maximum atomic E-state index is 12.9. The number of ether oxygens (including phenoxy) is 2. The lowest BCUT2D eigenvalue weighted by molar-refractivity contribution is -0.0889. The minimum Gasteiger partial charge on any atom is -0.496 e. The summed E-state index contributed by atoms with van der Waals surface area (Å²) in [6.45, 7) is 1.94. The molecule has 4 N–H and O–H groups in total. The monoisotopic (exact) mass is 342 g/mol. The third-order valence-electron chi connectivity index (χ3n) is 4.23. The summed E-state index contributed by atoms with van der Waals surface area (Å²) in [6, 6.07) is 2.40. The van der Waals surface area contributed by atoms with Crippen LogP contribution >= 0.6 is 0 Å². The summed E-state index contributed by atoms with van der Waals surface area (Å²) >= 11 is 0. The molecule has 1 aromatic carbocycles. The van der Waals surface area contributed by atoms with Crippen LogP contribution in [0.1, 0.15) is 18.1 Å². The lowest BCUT2D eigenvalue weighted by Crippen LogP contribution is -2.52. The number of allylic oxidation sites excluding steroid dienone is 2. The molecule has 1 aliphatic rings. The molecule has 24 heavy (non-hydrogen) atoms. The molecule has 2 unspecified atom stereocenters. The Bertz CT molecular complexity index is 683. The third kappa shape index (κ3) is 3.14. The second-order valence-electron chi connectivity index (χ2n) is 5.63. The first-order valence-electron chi connectivity index (χ1n) is 7.45. The molecule has 132 valence electrons. The summed E-state index contributed by atoms with van der Waals surface area (Å²) in [5.74, 6) is 1.04. The van der Waals surface area contributed by atoms with Crippen molar-refractivity contribution in [2.24, 2.45) is 11.5 Å². The highest BCUT2D eigenvalue weighted by Crippen LogP contribution is 2.40. The summed E-state index contributed by atoms with van der Waals surface area (Å²) < 4.78 is 49.3. The first-order chi connectivity index (χ1) is 11.2. The molecule has 4 nitrogen and oxygen atoms in total. The van der Waals surface area contributed by atoms with Gasteiger partial charge >= 0.3 is 6.18 Å². The quantitative estimate of drug-likeness (QED) is 0.883. The van der Waals surface area contributed by atoms with Crippen LogP contribution < -0.4 is 20.9 Å². The van der Waals surface area contributed by atoms with Crippen molar-refractivity contribution in [3.8, 4) is 11.5 Å². The van der Waals surface area contributed by atoms with Crippen molar-refractivity contribution >= 4 is 0 Å². The van der Waals surface area contributed by atoms with Gasteiger partial charge in [0.15, 0.2) is 0 Å². The Morgan fingerprint density at radius 3 is 2.25 bits per heavy atom. The molecular weight excluding hydrogens is 321 g/mol. The SMILES string of the molecule is CCc1cc(C2(N)C=CC(C(F)(F)F)=CC2N)c(OC)cc1OC. The highest BCUT2D eigenvalue weighted by Gasteiger charge is 2.41. The van der Waals surface area contributed by atoms with Gasteiger partial charge < -0.3 is 20.9 Å². The maximum Gasteiger partial charge on any atom is 0.416 e. The Hall–Kier alpha value is -1.99. The third-order valence-corrected chi connectivity index (χ3v) is 4.23. The van der Waals surface area contributed by atoms with E-state index in [9.17, 15) is 13.2 Å². The minimum absolute atomic E-state index is 0.413. The fourth-order valence-corrected chi connectivity index (χ4v) is 2.76. The van der Waals surface area contributed by atoms with Crippen LogP contribution in [-0.2, 0) is 12.0 Å². The molecule has 0 heterocycles. The molecule has 0 bridgehead atoms. The molecule has 7 heteroatoms. The first kappa shape index (κ1) is 18.4. The minimum atomic E-state index is -4.46. The van der Waals surface area contributed by atoms with Crippen LogP contribution in [0.25, 0.3) is 0 Å². The Balaban J connectivity index is 2.55. The van der Waals surface area contributed by atoms with Crippen LogP contribution in [0.2, 0.25) is 0 Å². The van der Waals surface area contributed by atoms with Crippen molar-refractivity contribution in [1.82, 2.24) is 0 Å². The van der Waals surface area contributed by atoms with E-state index in [1.165, 1.54) is 20.3 Å². The van der Waals surface area contributed by atoms with Gasteiger partial charge in [-0.25, -0.2) is 0 Å². The smallest absolute Gasteiger partial charge is 0.416 e. The summed E-state index contributed by atoms with van der Waals surface area (Å²) in [4.78, 5) is 0. The van der Waals surface area contributed by atoms with E-state index in [1.54, 1.807) is 12.1 Å². The van der Waals surface area contributed by atoms with Crippen LogP contribution in [0.5, 0.6) is 11.5 Å². The Morgan fingerprint density at radius 2 is 1.79 bits per heavy atom. The van der Waals surface area contributed by atoms with E-state index in [4.69, 9.17) is 20.9 Å². The van der Waals surface area contributed by atoms with Gasteiger partial charge in [-0.2, -0.15) is 13.2 Å². The second kappa shape index (κ2) is 6.49. The summed E-state index contributed by atoms with van der Waals surface area (Å²) in [6.07, 6.45) is -0.620. The zero-order valence-electron chi connectivity index (χ0n) is 13.8. The van der Waals surface area contributed by atoms with Gasteiger partial charge in [0.05, 0.1) is 25.3 Å². The predicted molar refractivity (Wildman–Crippen MR) is 86.0 cm³/mol. The Labute approximate surface area is 138 Å². The van der Waals surface area contributed by atoms with Crippen LogP contribution in [0.15, 0.2) is 35.9 Å². The highest BCUT2D eigenvalue weighted by molar-refractivity contribution is 5.54. The molecule has 1 aliphatic carbocycles. The molecular formula is C17H21F3N2O2. The fourth-order valence-electron chi connectivity index (χ4n) is 2.76. The zero-order valence-corrected chi connectivity index (χ0v) is 13.8. The summed E-state index contributed by atoms with van der Waals surface area (Å²) in [7, 11) is 3.00. The number of halogens is 3. The van der Waals surface area contributed by atoms with Gasteiger partial charge in [-0.05, 0) is 18.1 Å². The molecule has 0 spiro atoms.